The first kappa shape index (κ1) is 12.9. The molecule has 0 radical (unpaired) electrons. The first-order valence-electron chi connectivity index (χ1n) is 5.41. The van der Waals surface area contributed by atoms with E-state index < -0.39 is 10.2 Å². The van der Waals surface area contributed by atoms with Crippen molar-refractivity contribution in [3.63, 3.8) is 0 Å². The molecule has 1 saturated heterocycles. The number of aromatic nitrogens is 1. The summed E-state index contributed by atoms with van der Waals surface area (Å²) in [7, 11) is -3.43. The second-order valence-electron chi connectivity index (χ2n) is 3.81. The van der Waals surface area contributed by atoms with Crippen LogP contribution in [0.5, 0.6) is 0 Å². The van der Waals surface area contributed by atoms with Crippen molar-refractivity contribution in [3.8, 4) is 0 Å². The van der Waals surface area contributed by atoms with Gasteiger partial charge in [-0.25, -0.2) is 4.98 Å². The quantitative estimate of drug-likeness (QED) is 0.818. The number of nitrogens with zero attached hydrogens (tertiary/aromatic N) is 2. The number of hydrogen-bond donors (Lipinski definition) is 2. The van der Waals surface area contributed by atoms with Gasteiger partial charge in [0, 0.05) is 31.3 Å². The smallest absolute Gasteiger partial charge is 0.280 e. The lowest BCUT2D eigenvalue weighted by Crippen LogP contribution is -2.48. The van der Waals surface area contributed by atoms with Gasteiger partial charge in [0.05, 0.1) is 6.04 Å². The summed E-state index contributed by atoms with van der Waals surface area (Å²) in [5.74, 6) is 0. The van der Waals surface area contributed by atoms with E-state index in [1.807, 2.05) is 5.38 Å². The zero-order chi connectivity index (χ0) is 12.3. The fraction of sp³-hybridized carbons (Fsp3) is 0.667. The van der Waals surface area contributed by atoms with Crippen LogP contribution in [0.15, 0.2) is 11.6 Å². The van der Waals surface area contributed by atoms with E-state index in [1.54, 1.807) is 6.20 Å². The Morgan fingerprint density at radius 1 is 1.65 bits per heavy atom. The number of aliphatic hydroxyl groups is 1. The first-order chi connectivity index (χ1) is 8.13. The Balaban J connectivity index is 2.04. The van der Waals surface area contributed by atoms with Crippen LogP contribution in [0.25, 0.3) is 0 Å². The molecule has 0 unspecified atom stereocenters. The maximum Gasteiger partial charge on any atom is 0.280 e. The number of aliphatic hydroxyl groups excluding tert-OH is 1. The molecule has 1 aromatic heterocycles. The zero-order valence-corrected chi connectivity index (χ0v) is 10.9. The predicted octanol–water partition coefficient (Wildman–Crippen LogP) is 0.107. The maximum atomic E-state index is 11.9. The fourth-order valence-electron chi connectivity index (χ4n) is 1.77. The Labute approximate surface area is 104 Å². The SMILES string of the molecule is O=S1(=O)N[C@H](c2nccs2)CCN1CCCO. The molecule has 8 heteroatoms. The molecule has 0 bridgehead atoms. The van der Waals surface area contributed by atoms with Gasteiger partial charge < -0.3 is 5.11 Å². The Bertz CT molecular complexity index is 446. The number of nitrogens with one attached hydrogen (secondary N) is 1. The number of rotatable bonds is 4. The molecule has 1 aliphatic heterocycles. The van der Waals surface area contributed by atoms with Gasteiger partial charge in [0.25, 0.3) is 10.2 Å². The monoisotopic (exact) mass is 277 g/mol. The molecule has 0 spiro atoms. The summed E-state index contributed by atoms with van der Waals surface area (Å²) in [5, 5.41) is 11.4. The maximum absolute atomic E-state index is 11.9. The van der Waals surface area contributed by atoms with E-state index in [0.717, 1.165) is 5.01 Å². The average Bonchev–Trinajstić information content (AvgIpc) is 2.80. The van der Waals surface area contributed by atoms with Crippen molar-refractivity contribution in [3.05, 3.63) is 16.6 Å². The van der Waals surface area contributed by atoms with E-state index in [4.69, 9.17) is 5.11 Å². The highest BCUT2D eigenvalue weighted by Gasteiger charge is 2.32. The van der Waals surface area contributed by atoms with Gasteiger partial charge in [-0.1, -0.05) is 0 Å². The van der Waals surface area contributed by atoms with Crippen LogP contribution in [0, 0.1) is 0 Å². The minimum atomic E-state index is -3.43. The average molecular weight is 277 g/mol. The number of hydrogen-bond acceptors (Lipinski definition) is 5. The van der Waals surface area contributed by atoms with Crippen LogP contribution in [0.4, 0.5) is 0 Å². The van der Waals surface area contributed by atoms with Crippen LogP contribution in [0.3, 0.4) is 0 Å². The summed E-state index contributed by atoms with van der Waals surface area (Å²) in [6.07, 6.45) is 2.84. The molecule has 6 nitrogen and oxygen atoms in total. The van der Waals surface area contributed by atoms with Crippen LogP contribution in [-0.4, -0.2) is 42.5 Å². The van der Waals surface area contributed by atoms with E-state index in [9.17, 15) is 8.42 Å². The van der Waals surface area contributed by atoms with E-state index in [1.165, 1.54) is 15.6 Å². The molecule has 1 aromatic rings. The number of thiazole rings is 1. The van der Waals surface area contributed by atoms with E-state index in [0.29, 0.717) is 25.9 Å². The molecule has 0 aromatic carbocycles. The molecule has 2 rings (SSSR count). The van der Waals surface area contributed by atoms with E-state index in [-0.39, 0.29) is 12.6 Å². The van der Waals surface area contributed by atoms with Gasteiger partial charge in [-0.05, 0) is 12.8 Å². The third-order valence-electron chi connectivity index (χ3n) is 2.61. The molecule has 0 amide bonds. The normalized spacial score (nSPS) is 24.9. The van der Waals surface area contributed by atoms with Gasteiger partial charge in [-0.15, -0.1) is 11.3 Å². The lowest BCUT2D eigenvalue weighted by molar-refractivity contribution is 0.260. The minimum absolute atomic E-state index is 0.00191. The lowest BCUT2D eigenvalue weighted by Gasteiger charge is -2.31. The molecular weight excluding hydrogens is 262 g/mol. The van der Waals surface area contributed by atoms with Crippen molar-refractivity contribution in [1.29, 1.82) is 0 Å². The molecule has 1 aliphatic rings. The van der Waals surface area contributed by atoms with Gasteiger partial charge in [0.15, 0.2) is 0 Å². The zero-order valence-electron chi connectivity index (χ0n) is 9.24. The minimum Gasteiger partial charge on any atom is -0.396 e. The largest absolute Gasteiger partial charge is 0.396 e. The Morgan fingerprint density at radius 2 is 2.47 bits per heavy atom. The Morgan fingerprint density at radius 3 is 3.06 bits per heavy atom. The molecule has 0 saturated carbocycles. The second-order valence-corrected chi connectivity index (χ2v) is 6.44. The van der Waals surface area contributed by atoms with Gasteiger partial charge >= 0.3 is 0 Å². The van der Waals surface area contributed by atoms with Crippen molar-refractivity contribution in [2.75, 3.05) is 19.7 Å². The third-order valence-corrected chi connectivity index (χ3v) is 5.13. The van der Waals surface area contributed by atoms with E-state index >= 15 is 0 Å². The molecule has 2 heterocycles. The van der Waals surface area contributed by atoms with Gasteiger partial charge in [0.2, 0.25) is 0 Å². The predicted molar refractivity (Wildman–Crippen MR) is 64.8 cm³/mol. The molecule has 96 valence electrons. The summed E-state index contributed by atoms with van der Waals surface area (Å²) in [6.45, 7) is 0.831. The van der Waals surface area contributed by atoms with Gasteiger partial charge in [-0.3, -0.25) is 0 Å². The molecule has 1 atom stereocenters. The highest BCUT2D eigenvalue weighted by atomic mass is 32.2. The van der Waals surface area contributed by atoms with Gasteiger partial charge in [0.1, 0.15) is 5.01 Å². The molecule has 0 aliphatic carbocycles. The summed E-state index contributed by atoms with van der Waals surface area (Å²) >= 11 is 1.45. The summed E-state index contributed by atoms with van der Waals surface area (Å²) < 4.78 is 27.8. The molecular formula is C9H15N3O3S2. The van der Waals surface area contributed by atoms with Crippen LogP contribution >= 0.6 is 11.3 Å². The van der Waals surface area contributed by atoms with Crippen LogP contribution in [0.1, 0.15) is 23.9 Å². The lowest BCUT2D eigenvalue weighted by atomic mass is 10.2. The van der Waals surface area contributed by atoms with Crippen molar-refractivity contribution >= 4 is 21.5 Å². The standard InChI is InChI=1S/C9H15N3O3S2/c13-6-1-4-12-5-2-8(11-17(12,14)15)9-10-3-7-16-9/h3,7-8,11,13H,1-2,4-6H2/t8-/m0/s1. The topological polar surface area (TPSA) is 82.5 Å². The molecule has 2 N–H and O–H groups in total. The Kier molecular flexibility index (Phi) is 4.10. The van der Waals surface area contributed by atoms with Crippen molar-refractivity contribution in [1.82, 2.24) is 14.0 Å². The highest BCUT2D eigenvalue weighted by Crippen LogP contribution is 2.25. The Hall–Kier alpha value is -0.540. The summed E-state index contributed by atoms with van der Waals surface area (Å²) in [4.78, 5) is 4.13. The van der Waals surface area contributed by atoms with Crippen molar-refractivity contribution < 1.29 is 13.5 Å². The fourth-order valence-corrected chi connectivity index (χ4v) is 4.02. The molecule has 17 heavy (non-hydrogen) atoms. The van der Waals surface area contributed by atoms with Crippen LogP contribution < -0.4 is 4.72 Å². The summed E-state index contributed by atoms with van der Waals surface area (Å²) in [6, 6.07) is -0.217. The van der Waals surface area contributed by atoms with Crippen LogP contribution in [0.2, 0.25) is 0 Å². The third kappa shape index (κ3) is 3.02. The second kappa shape index (κ2) is 5.40. The van der Waals surface area contributed by atoms with Crippen molar-refractivity contribution in [2.24, 2.45) is 0 Å². The van der Waals surface area contributed by atoms with Gasteiger partial charge in [-0.2, -0.15) is 17.4 Å². The molecule has 1 fully saturated rings. The summed E-state index contributed by atoms with van der Waals surface area (Å²) in [5.41, 5.74) is 0. The van der Waals surface area contributed by atoms with E-state index in [2.05, 4.69) is 9.71 Å². The first-order valence-corrected chi connectivity index (χ1v) is 7.73. The highest BCUT2D eigenvalue weighted by molar-refractivity contribution is 7.87. The van der Waals surface area contributed by atoms with Crippen LogP contribution in [-0.2, 0) is 10.2 Å². The van der Waals surface area contributed by atoms with Crippen molar-refractivity contribution in [2.45, 2.75) is 18.9 Å².